The van der Waals surface area contributed by atoms with Crippen molar-refractivity contribution in [2.75, 3.05) is 40.4 Å². The maximum atomic E-state index is 11.6. The van der Waals surface area contributed by atoms with Crippen LogP contribution < -0.4 is 25.4 Å². The van der Waals surface area contributed by atoms with Crippen LogP contribution in [0.2, 0.25) is 0 Å². The van der Waals surface area contributed by atoms with E-state index in [0.717, 1.165) is 24.9 Å². The number of hydrogen-bond acceptors (Lipinski definition) is 4. The minimum absolute atomic E-state index is 0. The molecule has 0 heterocycles. The Bertz CT molecular complexity index is 567. The molecule has 0 bridgehead atoms. The van der Waals surface area contributed by atoms with Crippen LogP contribution in [-0.2, 0) is 11.2 Å². The fourth-order valence-electron chi connectivity index (χ4n) is 2.17. The first-order valence-corrected chi connectivity index (χ1v) is 8.64. The molecule has 8 heteroatoms. The zero-order valence-electron chi connectivity index (χ0n) is 16.1. The number of halogens is 1. The van der Waals surface area contributed by atoms with Gasteiger partial charge in [0.05, 0.1) is 14.2 Å². The molecule has 1 rings (SSSR count). The highest BCUT2D eigenvalue weighted by Gasteiger charge is 2.05. The number of carbonyl (C=O) groups excluding carboxylic acids is 1. The molecule has 26 heavy (non-hydrogen) atoms. The molecule has 148 valence electrons. The quantitative estimate of drug-likeness (QED) is 0.272. The van der Waals surface area contributed by atoms with E-state index in [9.17, 15) is 4.79 Å². The van der Waals surface area contributed by atoms with Crippen molar-refractivity contribution in [2.24, 2.45) is 4.99 Å². The molecule has 1 aromatic rings. The molecule has 0 saturated carbocycles. The van der Waals surface area contributed by atoms with E-state index in [1.165, 1.54) is 0 Å². The summed E-state index contributed by atoms with van der Waals surface area (Å²) in [5.41, 5.74) is 1.13. The number of carbonyl (C=O) groups is 1. The molecule has 0 unspecified atom stereocenters. The van der Waals surface area contributed by atoms with Gasteiger partial charge in [-0.05, 0) is 37.5 Å². The molecule has 0 aliphatic carbocycles. The lowest BCUT2D eigenvalue weighted by Gasteiger charge is -2.12. The lowest BCUT2D eigenvalue weighted by molar-refractivity contribution is -0.119. The Morgan fingerprint density at radius 1 is 1.04 bits per heavy atom. The van der Waals surface area contributed by atoms with Crippen LogP contribution in [0.15, 0.2) is 23.2 Å². The van der Waals surface area contributed by atoms with Crippen molar-refractivity contribution < 1.29 is 14.3 Å². The molecule has 0 aliphatic rings. The number of aliphatic imine (C=N–C) groups is 1. The Morgan fingerprint density at radius 3 is 2.38 bits per heavy atom. The van der Waals surface area contributed by atoms with Crippen LogP contribution in [0, 0.1) is 0 Å². The van der Waals surface area contributed by atoms with Gasteiger partial charge in [0.15, 0.2) is 17.5 Å². The first-order valence-electron chi connectivity index (χ1n) is 8.64. The molecule has 3 N–H and O–H groups in total. The van der Waals surface area contributed by atoms with Crippen molar-refractivity contribution in [1.29, 1.82) is 0 Å². The third-order valence-electron chi connectivity index (χ3n) is 3.45. The van der Waals surface area contributed by atoms with Crippen LogP contribution >= 0.6 is 24.0 Å². The van der Waals surface area contributed by atoms with Crippen LogP contribution in [-0.4, -0.2) is 52.3 Å². The van der Waals surface area contributed by atoms with Gasteiger partial charge >= 0.3 is 0 Å². The molecule has 1 amide bonds. The Morgan fingerprint density at radius 2 is 1.77 bits per heavy atom. The number of nitrogens with one attached hydrogen (secondary N) is 3. The Balaban J connectivity index is 0.00000625. The summed E-state index contributed by atoms with van der Waals surface area (Å²) in [5, 5.41) is 9.18. The summed E-state index contributed by atoms with van der Waals surface area (Å²) in [6, 6.07) is 5.86. The zero-order valence-corrected chi connectivity index (χ0v) is 18.4. The summed E-state index contributed by atoms with van der Waals surface area (Å²) in [4.78, 5) is 15.9. The van der Waals surface area contributed by atoms with Gasteiger partial charge in [-0.25, -0.2) is 4.99 Å². The van der Waals surface area contributed by atoms with Crippen molar-refractivity contribution in [1.82, 2.24) is 16.0 Å². The van der Waals surface area contributed by atoms with Crippen LogP contribution in [0.25, 0.3) is 0 Å². The fraction of sp³-hybridized carbons (Fsp3) is 0.556. The number of amides is 1. The molecule has 0 radical (unpaired) electrons. The van der Waals surface area contributed by atoms with E-state index >= 15 is 0 Å². The van der Waals surface area contributed by atoms with Crippen molar-refractivity contribution in [2.45, 2.75) is 26.7 Å². The van der Waals surface area contributed by atoms with Gasteiger partial charge in [-0.1, -0.05) is 13.0 Å². The molecule has 0 aromatic heterocycles. The third-order valence-corrected chi connectivity index (χ3v) is 3.45. The normalized spacial score (nSPS) is 10.5. The summed E-state index contributed by atoms with van der Waals surface area (Å²) < 4.78 is 10.6. The average Bonchev–Trinajstić information content (AvgIpc) is 2.64. The highest BCUT2D eigenvalue weighted by atomic mass is 127. The van der Waals surface area contributed by atoms with Gasteiger partial charge < -0.3 is 25.4 Å². The van der Waals surface area contributed by atoms with E-state index in [0.29, 0.717) is 30.5 Å². The molecule has 0 fully saturated rings. The molecule has 0 atom stereocenters. The predicted molar refractivity (Wildman–Crippen MR) is 116 cm³/mol. The summed E-state index contributed by atoms with van der Waals surface area (Å²) in [6.45, 7) is 6.23. The van der Waals surface area contributed by atoms with Crippen LogP contribution in [0.5, 0.6) is 11.5 Å². The smallest absolute Gasteiger partial charge is 0.241 e. The number of benzene rings is 1. The molecule has 0 spiro atoms. The SMILES string of the molecule is CCCNC(=O)CN=C(NCC)NCCc1ccc(OC)c(OC)c1.I. The van der Waals surface area contributed by atoms with Gasteiger partial charge in [0.1, 0.15) is 6.54 Å². The van der Waals surface area contributed by atoms with Gasteiger partial charge in [-0.15, -0.1) is 24.0 Å². The van der Waals surface area contributed by atoms with E-state index in [4.69, 9.17) is 9.47 Å². The van der Waals surface area contributed by atoms with E-state index in [1.54, 1.807) is 14.2 Å². The largest absolute Gasteiger partial charge is 0.493 e. The standard InChI is InChI=1S/C18H30N4O3.HI/c1-5-10-20-17(23)13-22-18(19-6-2)21-11-9-14-7-8-15(24-3)16(12-14)25-4;/h7-8,12H,5-6,9-11,13H2,1-4H3,(H,20,23)(H2,19,21,22);1H. The summed E-state index contributed by atoms with van der Waals surface area (Å²) in [6.07, 6.45) is 1.71. The average molecular weight is 478 g/mol. The van der Waals surface area contributed by atoms with E-state index in [1.807, 2.05) is 32.0 Å². The molecule has 1 aromatic carbocycles. The molecular weight excluding hydrogens is 447 g/mol. The number of guanidine groups is 1. The Hall–Kier alpha value is -1.71. The van der Waals surface area contributed by atoms with Gasteiger partial charge in [0.2, 0.25) is 5.91 Å². The number of nitrogens with zero attached hydrogens (tertiary/aromatic N) is 1. The number of ether oxygens (including phenoxy) is 2. The fourth-order valence-corrected chi connectivity index (χ4v) is 2.17. The van der Waals surface area contributed by atoms with Gasteiger partial charge in [-0.2, -0.15) is 0 Å². The molecule has 0 aliphatic heterocycles. The van der Waals surface area contributed by atoms with Crippen LogP contribution in [0.3, 0.4) is 0 Å². The van der Waals surface area contributed by atoms with Gasteiger partial charge in [-0.3, -0.25) is 4.79 Å². The van der Waals surface area contributed by atoms with E-state index < -0.39 is 0 Å². The lowest BCUT2D eigenvalue weighted by Crippen LogP contribution is -2.39. The van der Waals surface area contributed by atoms with Crippen LogP contribution in [0.1, 0.15) is 25.8 Å². The molecule has 0 saturated heterocycles. The van der Waals surface area contributed by atoms with Crippen molar-refractivity contribution >= 4 is 35.8 Å². The highest BCUT2D eigenvalue weighted by Crippen LogP contribution is 2.27. The zero-order chi connectivity index (χ0) is 18.5. The lowest BCUT2D eigenvalue weighted by atomic mass is 10.1. The second-order valence-corrected chi connectivity index (χ2v) is 5.41. The first-order chi connectivity index (χ1) is 12.1. The van der Waals surface area contributed by atoms with Gasteiger partial charge in [0.25, 0.3) is 0 Å². The summed E-state index contributed by atoms with van der Waals surface area (Å²) in [5.74, 6) is 1.99. The van der Waals surface area contributed by atoms with Crippen LogP contribution in [0.4, 0.5) is 0 Å². The number of rotatable bonds is 10. The number of hydrogen-bond donors (Lipinski definition) is 3. The third kappa shape index (κ3) is 9.12. The summed E-state index contributed by atoms with van der Waals surface area (Å²) in [7, 11) is 3.24. The maximum absolute atomic E-state index is 11.6. The Labute approximate surface area is 173 Å². The minimum atomic E-state index is -0.0704. The van der Waals surface area contributed by atoms with E-state index in [2.05, 4.69) is 20.9 Å². The first kappa shape index (κ1) is 24.3. The van der Waals surface area contributed by atoms with Crippen molar-refractivity contribution in [3.63, 3.8) is 0 Å². The minimum Gasteiger partial charge on any atom is -0.493 e. The Kier molecular flexibility index (Phi) is 13.5. The predicted octanol–water partition coefficient (Wildman–Crippen LogP) is 1.95. The highest BCUT2D eigenvalue weighted by molar-refractivity contribution is 14.0. The maximum Gasteiger partial charge on any atom is 0.241 e. The second kappa shape index (κ2) is 14.5. The van der Waals surface area contributed by atoms with E-state index in [-0.39, 0.29) is 36.4 Å². The second-order valence-electron chi connectivity index (χ2n) is 5.41. The molecular formula is C18H31IN4O3. The van der Waals surface area contributed by atoms with Gasteiger partial charge in [0, 0.05) is 19.6 Å². The number of methoxy groups -OCH3 is 2. The topological polar surface area (TPSA) is 84.0 Å². The summed E-state index contributed by atoms with van der Waals surface area (Å²) >= 11 is 0. The van der Waals surface area contributed by atoms with Crippen molar-refractivity contribution in [3.05, 3.63) is 23.8 Å². The monoisotopic (exact) mass is 478 g/mol. The molecule has 7 nitrogen and oxygen atoms in total. The van der Waals surface area contributed by atoms with Crippen molar-refractivity contribution in [3.8, 4) is 11.5 Å².